The van der Waals surface area contributed by atoms with E-state index < -0.39 is 11.7 Å². The summed E-state index contributed by atoms with van der Waals surface area (Å²) >= 11 is 1.51. The van der Waals surface area contributed by atoms with Gasteiger partial charge in [0, 0.05) is 29.0 Å². The third kappa shape index (κ3) is 6.06. The molecule has 0 saturated heterocycles. The van der Waals surface area contributed by atoms with Crippen LogP contribution in [-0.4, -0.2) is 49.3 Å². The number of likely N-dealkylation sites (N-methyl/N-ethyl adjacent to an activating group) is 1. The van der Waals surface area contributed by atoms with Crippen molar-refractivity contribution >= 4 is 29.4 Å². The molecule has 0 unspecified atom stereocenters. The third-order valence-corrected chi connectivity index (χ3v) is 5.04. The van der Waals surface area contributed by atoms with Crippen LogP contribution in [0.3, 0.4) is 0 Å². The molecule has 3 rings (SSSR count). The molecule has 160 valence electrons. The van der Waals surface area contributed by atoms with Gasteiger partial charge in [-0.3, -0.25) is 4.79 Å². The molecule has 1 aliphatic heterocycles. The number of nitrogens with one attached hydrogen (secondary N) is 1. The molecule has 0 bridgehead atoms. The summed E-state index contributed by atoms with van der Waals surface area (Å²) in [5.41, 5.74) is -0.0346. The molecule has 7 nitrogen and oxygen atoms in total. The predicted octanol–water partition coefficient (Wildman–Crippen LogP) is 4.41. The second-order valence-corrected chi connectivity index (χ2v) is 8.91. The summed E-state index contributed by atoms with van der Waals surface area (Å²) in [7, 11) is 1.52. The summed E-state index contributed by atoms with van der Waals surface area (Å²) in [6.07, 6.45) is -0.557. The lowest BCUT2D eigenvalue weighted by Crippen LogP contribution is -2.38. The van der Waals surface area contributed by atoms with Crippen LogP contribution in [-0.2, 0) is 9.53 Å². The standard InChI is InChI=1S/C22H26N2O5S/c1-22(2,3)29-21(26)24(4)14-20(25)23-16-12-17-18(28-11-10-27-17)13-19(16)30-15-8-6-5-7-9-15/h5-9,12-13H,10-11,14H2,1-4H3,(H,23,25). The Morgan fingerprint density at radius 2 is 1.73 bits per heavy atom. The van der Waals surface area contributed by atoms with Crippen LogP contribution in [0.1, 0.15) is 20.8 Å². The number of amides is 2. The first-order valence-electron chi connectivity index (χ1n) is 9.62. The monoisotopic (exact) mass is 430 g/mol. The Morgan fingerprint density at radius 1 is 1.10 bits per heavy atom. The predicted molar refractivity (Wildman–Crippen MR) is 115 cm³/mol. The summed E-state index contributed by atoms with van der Waals surface area (Å²) in [5, 5.41) is 2.88. The molecule has 1 heterocycles. The number of ether oxygens (including phenoxy) is 3. The average Bonchev–Trinajstić information content (AvgIpc) is 2.67. The van der Waals surface area contributed by atoms with Crippen LogP contribution < -0.4 is 14.8 Å². The molecule has 0 aliphatic carbocycles. The molecule has 30 heavy (non-hydrogen) atoms. The van der Waals surface area contributed by atoms with Gasteiger partial charge >= 0.3 is 6.09 Å². The number of hydrogen-bond acceptors (Lipinski definition) is 6. The van der Waals surface area contributed by atoms with Crippen LogP contribution in [0, 0.1) is 0 Å². The van der Waals surface area contributed by atoms with E-state index in [-0.39, 0.29) is 12.5 Å². The highest BCUT2D eigenvalue weighted by atomic mass is 32.2. The van der Waals surface area contributed by atoms with Crippen LogP contribution >= 0.6 is 11.8 Å². The van der Waals surface area contributed by atoms with Gasteiger partial charge in [0.05, 0.1) is 5.69 Å². The highest BCUT2D eigenvalue weighted by Crippen LogP contribution is 2.42. The van der Waals surface area contributed by atoms with E-state index in [0.717, 1.165) is 9.79 Å². The molecule has 0 aromatic heterocycles. The Kier molecular flexibility index (Phi) is 6.77. The molecule has 8 heteroatoms. The van der Waals surface area contributed by atoms with Gasteiger partial charge in [0.2, 0.25) is 5.91 Å². The van der Waals surface area contributed by atoms with E-state index in [4.69, 9.17) is 14.2 Å². The Labute approximate surface area is 180 Å². The van der Waals surface area contributed by atoms with Gasteiger partial charge in [-0.15, -0.1) is 0 Å². The maximum absolute atomic E-state index is 12.6. The van der Waals surface area contributed by atoms with Gasteiger partial charge in [-0.2, -0.15) is 0 Å². The molecule has 0 radical (unpaired) electrons. The number of rotatable bonds is 5. The van der Waals surface area contributed by atoms with Crippen LogP contribution in [0.5, 0.6) is 11.5 Å². The first kappa shape index (κ1) is 21.8. The molecular weight excluding hydrogens is 404 g/mol. The maximum Gasteiger partial charge on any atom is 0.410 e. The molecule has 0 saturated carbocycles. The summed E-state index contributed by atoms with van der Waals surface area (Å²) in [5.74, 6) is 0.882. The summed E-state index contributed by atoms with van der Waals surface area (Å²) in [6.45, 7) is 6.13. The number of anilines is 1. The summed E-state index contributed by atoms with van der Waals surface area (Å²) in [6, 6.07) is 13.4. The molecule has 1 aliphatic rings. The van der Waals surface area contributed by atoms with Gasteiger partial charge in [-0.25, -0.2) is 4.79 Å². The van der Waals surface area contributed by atoms with Crippen molar-refractivity contribution in [1.29, 1.82) is 0 Å². The normalized spacial score (nSPS) is 12.8. The Bertz CT molecular complexity index is 912. The van der Waals surface area contributed by atoms with Gasteiger partial charge in [-0.05, 0) is 32.9 Å². The maximum atomic E-state index is 12.6. The van der Waals surface area contributed by atoms with E-state index in [1.165, 1.54) is 23.7 Å². The summed E-state index contributed by atoms with van der Waals surface area (Å²) in [4.78, 5) is 27.8. The molecular formula is C22H26N2O5S. The van der Waals surface area contributed by atoms with Crippen LogP contribution in [0.4, 0.5) is 10.5 Å². The van der Waals surface area contributed by atoms with Gasteiger partial charge in [0.25, 0.3) is 0 Å². The molecule has 2 aromatic carbocycles. The van der Waals surface area contributed by atoms with Crippen LogP contribution in [0.2, 0.25) is 0 Å². The van der Waals surface area contributed by atoms with E-state index in [1.54, 1.807) is 26.8 Å². The third-order valence-electron chi connectivity index (χ3n) is 3.98. The van der Waals surface area contributed by atoms with Crippen molar-refractivity contribution in [3.8, 4) is 11.5 Å². The van der Waals surface area contributed by atoms with E-state index in [0.29, 0.717) is 30.4 Å². The van der Waals surface area contributed by atoms with E-state index >= 15 is 0 Å². The molecule has 2 aromatic rings. The van der Waals surface area contributed by atoms with E-state index in [9.17, 15) is 9.59 Å². The second-order valence-electron chi connectivity index (χ2n) is 7.79. The quantitative estimate of drug-likeness (QED) is 0.757. The van der Waals surface area contributed by atoms with Crippen molar-refractivity contribution in [3.05, 3.63) is 42.5 Å². The van der Waals surface area contributed by atoms with Gasteiger partial charge in [0.15, 0.2) is 11.5 Å². The number of nitrogens with zero attached hydrogens (tertiary/aromatic N) is 1. The SMILES string of the molecule is CN(CC(=O)Nc1cc2c(cc1Sc1ccccc1)OCCO2)C(=O)OC(C)(C)C. The lowest BCUT2D eigenvalue weighted by molar-refractivity contribution is -0.117. The number of benzene rings is 2. The zero-order chi connectivity index (χ0) is 21.7. The number of fused-ring (bicyclic) bond motifs is 1. The minimum atomic E-state index is -0.628. The first-order chi connectivity index (χ1) is 14.2. The fourth-order valence-electron chi connectivity index (χ4n) is 2.68. The van der Waals surface area contributed by atoms with Gasteiger partial charge < -0.3 is 24.4 Å². The smallest absolute Gasteiger partial charge is 0.410 e. The molecule has 0 atom stereocenters. The van der Waals surface area contributed by atoms with Crippen molar-refractivity contribution < 1.29 is 23.8 Å². The number of hydrogen-bond donors (Lipinski definition) is 1. The highest BCUT2D eigenvalue weighted by molar-refractivity contribution is 7.99. The highest BCUT2D eigenvalue weighted by Gasteiger charge is 2.22. The van der Waals surface area contributed by atoms with E-state index in [1.807, 2.05) is 36.4 Å². The molecule has 0 fully saturated rings. The number of carbonyl (C=O) groups is 2. The van der Waals surface area contributed by atoms with E-state index in [2.05, 4.69) is 5.32 Å². The Hall–Kier alpha value is -2.87. The lowest BCUT2D eigenvalue weighted by Gasteiger charge is -2.24. The molecule has 0 spiro atoms. The Balaban J connectivity index is 1.76. The van der Waals surface area contributed by atoms with Crippen LogP contribution in [0.25, 0.3) is 0 Å². The van der Waals surface area contributed by atoms with Gasteiger partial charge in [-0.1, -0.05) is 30.0 Å². The second kappa shape index (κ2) is 9.30. The van der Waals surface area contributed by atoms with Crippen molar-refractivity contribution in [2.24, 2.45) is 0 Å². The lowest BCUT2D eigenvalue weighted by atomic mass is 10.2. The fraction of sp³-hybridized carbons (Fsp3) is 0.364. The van der Waals surface area contributed by atoms with Crippen LogP contribution in [0.15, 0.2) is 52.3 Å². The zero-order valence-electron chi connectivity index (χ0n) is 17.6. The van der Waals surface area contributed by atoms with Crippen molar-refractivity contribution in [2.45, 2.75) is 36.2 Å². The van der Waals surface area contributed by atoms with Crippen molar-refractivity contribution in [1.82, 2.24) is 4.90 Å². The zero-order valence-corrected chi connectivity index (χ0v) is 18.4. The molecule has 2 amide bonds. The topological polar surface area (TPSA) is 77.1 Å². The Morgan fingerprint density at radius 3 is 2.37 bits per heavy atom. The average molecular weight is 431 g/mol. The van der Waals surface area contributed by atoms with Crippen molar-refractivity contribution in [3.63, 3.8) is 0 Å². The fourth-order valence-corrected chi connectivity index (χ4v) is 3.61. The van der Waals surface area contributed by atoms with Gasteiger partial charge in [0.1, 0.15) is 25.4 Å². The summed E-state index contributed by atoms with van der Waals surface area (Å²) < 4.78 is 16.6. The first-order valence-corrected chi connectivity index (χ1v) is 10.4. The largest absolute Gasteiger partial charge is 0.486 e. The van der Waals surface area contributed by atoms with Crippen molar-refractivity contribution in [2.75, 3.05) is 32.1 Å². The molecule has 1 N–H and O–H groups in total. The minimum Gasteiger partial charge on any atom is -0.486 e. The minimum absolute atomic E-state index is 0.140. The number of carbonyl (C=O) groups excluding carboxylic acids is 2.